The first-order chi connectivity index (χ1) is 12.1. The van der Waals surface area contributed by atoms with Gasteiger partial charge in [-0.25, -0.2) is 0 Å². The van der Waals surface area contributed by atoms with E-state index < -0.39 is 0 Å². The van der Waals surface area contributed by atoms with Crippen LogP contribution < -0.4 is 5.32 Å². The maximum absolute atomic E-state index is 12.9. The van der Waals surface area contributed by atoms with Crippen LogP contribution in [0.3, 0.4) is 0 Å². The van der Waals surface area contributed by atoms with Gasteiger partial charge in [-0.1, -0.05) is 25.1 Å². The van der Waals surface area contributed by atoms with E-state index in [9.17, 15) is 4.79 Å². The smallest absolute Gasteiger partial charge is 0.311 e. The molecule has 1 aromatic carbocycles. The van der Waals surface area contributed by atoms with Gasteiger partial charge in [-0.3, -0.25) is 9.69 Å². The van der Waals surface area contributed by atoms with Gasteiger partial charge >= 0.3 is 5.97 Å². The Hall–Kier alpha value is -1.55. The Balaban J connectivity index is 1.67. The summed E-state index contributed by atoms with van der Waals surface area (Å²) in [5.41, 5.74) is 2.88. The fraction of sp³-hybridized carbons (Fsp3) is 0.667. The Morgan fingerprint density at radius 3 is 2.96 bits per heavy atom. The molecule has 3 heterocycles. The molecule has 1 unspecified atom stereocenters. The molecule has 4 fully saturated rings. The molecule has 0 amide bonds. The van der Waals surface area contributed by atoms with Gasteiger partial charge in [-0.05, 0) is 61.7 Å². The van der Waals surface area contributed by atoms with Crippen molar-refractivity contribution in [2.45, 2.75) is 49.6 Å². The molecule has 2 saturated carbocycles. The number of nitrogens with zero attached hydrogens (tertiary/aromatic N) is 1. The highest BCUT2D eigenvalue weighted by Gasteiger charge is 2.86. The molecule has 0 aromatic heterocycles. The fourth-order valence-corrected chi connectivity index (χ4v) is 8.44. The Bertz CT molecular complexity index is 794. The number of fused-ring (bicyclic) bond motifs is 1. The van der Waals surface area contributed by atoms with E-state index in [2.05, 4.69) is 41.4 Å². The van der Waals surface area contributed by atoms with Crippen LogP contribution in [0.15, 0.2) is 24.3 Å². The maximum Gasteiger partial charge on any atom is 0.311 e. The first-order valence-electron chi connectivity index (χ1n) is 9.81. The topological polar surface area (TPSA) is 41.6 Å². The molecule has 132 valence electrons. The zero-order valence-corrected chi connectivity index (χ0v) is 15.0. The maximum atomic E-state index is 12.9. The quantitative estimate of drug-likeness (QED) is 0.800. The average Bonchev–Trinajstić information content (AvgIpc) is 3.29. The third-order valence-corrected chi connectivity index (χ3v) is 8.91. The minimum absolute atomic E-state index is 0.00844. The van der Waals surface area contributed by atoms with Crippen molar-refractivity contribution in [2.75, 3.05) is 25.5 Å². The number of benzene rings is 1. The van der Waals surface area contributed by atoms with Crippen molar-refractivity contribution >= 4 is 11.7 Å². The Labute approximate surface area is 148 Å². The molecule has 2 aliphatic carbocycles. The number of esters is 1. The summed E-state index contributed by atoms with van der Waals surface area (Å²) in [5.74, 6) is 0.449. The number of para-hydroxylation sites is 1. The number of methoxy groups -OCH3 is 1. The normalized spacial score (nSPS) is 48.6. The number of hydrogen-bond acceptors (Lipinski definition) is 4. The first kappa shape index (κ1) is 14.6. The summed E-state index contributed by atoms with van der Waals surface area (Å²) in [4.78, 5) is 15.7. The number of hydrogen-bond donors (Lipinski definition) is 1. The number of rotatable bonds is 1. The standard InChI is InChI=1S/C21H26N2O2/c1-13-19-8-5-10-23-11-9-20(18(19)23)14-6-3-4-7-16(14)22-21(13,20)15(12-19)17(24)25-2/h3-4,6-7,13,15,18,22H,5,8-12H2,1-2H3/t13?,15-,18+,19-,20+,21-/m1/s1. The van der Waals surface area contributed by atoms with Crippen LogP contribution in [0.4, 0.5) is 5.69 Å². The molecule has 3 spiro atoms. The molecule has 4 nitrogen and oxygen atoms in total. The van der Waals surface area contributed by atoms with E-state index in [4.69, 9.17) is 4.74 Å². The van der Waals surface area contributed by atoms with Crippen LogP contribution in [0.2, 0.25) is 0 Å². The van der Waals surface area contributed by atoms with Crippen molar-refractivity contribution in [3.63, 3.8) is 0 Å². The van der Waals surface area contributed by atoms with E-state index in [1.54, 1.807) is 7.11 Å². The molecule has 2 saturated heterocycles. The Morgan fingerprint density at radius 1 is 1.28 bits per heavy atom. The highest BCUT2D eigenvalue weighted by atomic mass is 16.5. The Morgan fingerprint density at radius 2 is 2.12 bits per heavy atom. The zero-order valence-electron chi connectivity index (χ0n) is 15.0. The number of piperidine rings is 1. The van der Waals surface area contributed by atoms with Gasteiger partial charge in [0.25, 0.3) is 0 Å². The van der Waals surface area contributed by atoms with Gasteiger partial charge in [0.2, 0.25) is 0 Å². The van der Waals surface area contributed by atoms with Gasteiger partial charge in [-0.2, -0.15) is 0 Å². The second kappa shape index (κ2) is 4.22. The number of carbonyl (C=O) groups is 1. The highest BCUT2D eigenvalue weighted by Crippen LogP contribution is 2.79. The largest absolute Gasteiger partial charge is 0.469 e. The Kier molecular flexibility index (Phi) is 2.47. The van der Waals surface area contributed by atoms with Crippen LogP contribution >= 0.6 is 0 Å². The van der Waals surface area contributed by atoms with Gasteiger partial charge in [0, 0.05) is 17.1 Å². The second-order valence-electron chi connectivity index (χ2n) is 9.04. The van der Waals surface area contributed by atoms with E-state index in [0.717, 1.165) is 6.42 Å². The molecule has 6 rings (SSSR count). The number of carbonyl (C=O) groups excluding carboxylic acids is 1. The van der Waals surface area contributed by atoms with Crippen molar-refractivity contribution in [3.05, 3.63) is 29.8 Å². The third-order valence-electron chi connectivity index (χ3n) is 8.91. The monoisotopic (exact) mass is 338 g/mol. The number of nitrogens with one attached hydrogen (secondary N) is 1. The first-order valence-corrected chi connectivity index (χ1v) is 9.81. The van der Waals surface area contributed by atoms with Gasteiger partial charge in [0.05, 0.1) is 18.6 Å². The molecule has 5 aliphatic rings. The number of ether oxygens (including phenoxy) is 1. The molecule has 2 bridgehead atoms. The van der Waals surface area contributed by atoms with Crippen molar-refractivity contribution < 1.29 is 9.53 Å². The highest BCUT2D eigenvalue weighted by molar-refractivity contribution is 5.82. The van der Waals surface area contributed by atoms with Crippen molar-refractivity contribution in [2.24, 2.45) is 17.3 Å². The van der Waals surface area contributed by atoms with Crippen LogP contribution in [0, 0.1) is 17.3 Å². The lowest BCUT2D eigenvalue weighted by atomic mass is 9.56. The van der Waals surface area contributed by atoms with Crippen LogP contribution in [0.25, 0.3) is 0 Å². The fourth-order valence-electron chi connectivity index (χ4n) is 8.44. The van der Waals surface area contributed by atoms with E-state index in [1.165, 1.54) is 43.6 Å². The lowest BCUT2D eigenvalue weighted by Crippen LogP contribution is -2.63. The van der Waals surface area contributed by atoms with Crippen molar-refractivity contribution in [1.29, 1.82) is 0 Å². The summed E-state index contributed by atoms with van der Waals surface area (Å²) < 4.78 is 5.32. The third kappa shape index (κ3) is 1.23. The van der Waals surface area contributed by atoms with Crippen LogP contribution in [0.1, 0.15) is 38.2 Å². The molecule has 4 heteroatoms. The molecule has 1 aromatic rings. The molecule has 25 heavy (non-hydrogen) atoms. The molecule has 3 aliphatic heterocycles. The van der Waals surface area contributed by atoms with E-state index in [-0.39, 0.29) is 28.3 Å². The predicted octanol–water partition coefficient (Wildman–Crippen LogP) is 2.79. The minimum atomic E-state index is -0.173. The summed E-state index contributed by atoms with van der Waals surface area (Å²) in [6.07, 6.45) is 4.69. The summed E-state index contributed by atoms with van der Waals surface area (Å²) in [6, 6.07) is 9.42. The zero-order chi connectivity index (χ0) is 17.0. The predicted molar refractivity (Wildman–Crippen MR) is 95.4 cm³/mol. The van der Waals surface area contributed by atoms with Crippen molar-refractivity contribution in [1.82, 2.24) is 4.90 Å². The van der Waals surface area contributed by atoms with Gasteiger partial charge in [-0.15, -0.1) is 0 Å². The summed E-state index contributed by atoms with van der Waals surface area (Å²) in [6.45, 7) is 4.82. The minimum Gasteiger partial charge on any atom is -0.469 e. The van der Waals surface area contributed by atoms with E-state index >= 15 is 0 Å². The lowest BCUT2D eigenvalue weighted by Gasteiger charge is -2.52. The van der Waals surface area contributed by atoms with Crippen LogP contribution in [-0.4, -0.2) is 42.6 Å². The van der Waals surface area contributed by atoms with Crippen molar-refractivity contribution in [3.8, 4) is 0 Å². The summed E-state index contributed by atoms with van der Waals surface area (Å²) >= 11 is 0. The molecule has 6 atom stereocenters. The average molecular weight is 338 g/mol. The van der Waals surface area contributed by atoms with Crippen LogP contribution in [0.5, 0.6) is 0 Å². The lowest BCUT2D eigenvalue weighted by molar-refractivity contribution is -0.150. The van der Waals surface area contributed by atoms with E-state index in [0.29, 0.717) is 12.0 Å². The number of anilines is 1. The van der Waals surface area contributed by atoms with Crippen LogP contribution in [-0.2, 0) is 14.9 Å². The summed E-state index contributed by atoms with van der Waals surface area (Å²) in [7, 11) is 1.56. The SMILES string of the molecule is COC(=O)[C@H]1C[C@]23CCCN4CC[C@]5(c6ccccc6N[C@]15C2C)[C@@H]43. The molecule has 0 radical (unpaired) electrons. The summed E-state index contributed by atoms with van der Waals surface area (Å²) in [5, 5.41) is 3.96. The molecular weight excluding hydrogens is 312 g/mol. The van der Waals surface area contributed by atoms with Gasteiger partial charge in [0.15, 0.2) is 0 Å². The van der Waals surface area contributed by atoms with Gasteiger partial charge in [0.1, 0.15) is 0 Å². The van der Waals surface area contributed by atoms with E-state index in [1.807, 2.05) is 0 Å². The second-order valence-corrected chi connectivity index (χ2v) is 9.04. The molecular formula is C21H26N2O2. The van der Waals surface area contributed by atoms with Gasteiger partial charge < -0.3 is 10.1 Å². The molecule has 1 N–H and O–H groups in total.